The highest BCUT2D eigenvalue weighted by atomic mass is 32.1. The van der Waals surface area contributed by atoms with Crippen LogP contribution in [0.4, 0.5) is 5.82 Å². The highest BCUT2D eigenvalue weighted by Gasteiger charge is 2.06. The van der Waals surface area contributed by atoms with Crippen molar-refractivity contribution in [2.45, 2.75) is 6.54 Å². The number of nitrogens with zero attached hydrogens (tertiary/aromatic N) is 3. The Morgan fingerprint density at radius 3 is 2.71 bits per heavy atom. The Morgan fingerprint density at radius 1 is 1.18 bits per heavy atom. The largest absolute Gasteiger partial charge is 0.388 e. The van der Waals surface area contributed by atoms with Gasteiger partial charge in [0.1, 0.15) is 10.7 Å². The molecule has 5 nitrogen and oxygen atoms in total. The summed E-state index contributed by atoms with van der Waals surface area (Å²) >= 11 is 4.90. The molecule has 0 aliphatic carbocycles. The summed E-state index contributed by atoms with van der Waals surface area (Å²) in [6, 6.07) is 5.71. The summed E-state index contributed by atoms with van der Waals surface area (Å²) in [4.78, 5) is 12.6. The lowest BCUT2D eigenvalue weighted by molar-refractivity contribution is 1.02. The SMILES string of the molecule is NC(=S)c1nccnc1NCc1ccccn1. The molecule has 0 radical (unpaired) electrons. The molecule has 3 N–H and O–H groups in total. The number of aromatic nitrogens is 3. The first-order chi connectivity index (χ1) is 8.27. The Kier molecular flexibility index (Phi) is 3.56. The summed E-state index contributed by atoms with van der Waals surface area (Å²) in [7, 11) is 0. The van der Waals surface area contributed by atoms with E-state index in [1.54, 1.807) is 18.6 Å². The van der Waals surface area contributed by atoms with E-state index in [-0.39, 0.29) is 4.99 Å². The molecule has 2 aromatic rings. The number of hydrogen-bond donors (Lipinski definition) is 2. The van der Waals surface area contributed by atoms with E-state index in [0.717, 1.165) is 5.69 Å². The lowest BCUT2D eigenvalue weighted by Gasteiger charge is -2.08. The first kappa shape index (κ1) is 11.4. The first-order valence-electron chi connectivity index (χ1n) is 5.02. The van der Waals surface area contributed by atoms with Crippen molar-refractivity contribution in [2.75, 3.05) is 5.32 Å². The Balaban J connectivity index is 2.12. The van der Waals surface area contributed by atoms with Crippen LogP contribution < -0.4 is 11.1 Å². The lowest BCUT2D eigenvalue weighted by Crippen LogP contribution is -2.16. The fourth-order valence-corrected chi connectivity index (χ4v) is 1.47. The summed E-state index contributed by atoms with van der Waals surface area (Å²) in [6.45, 7) is 0.551. The van der Waals surface area contributed by atoms with Crippen LogP contribution in [0.5, 0.6) is 0 Å². The number of nitrogens with one attached hydrogen (secondary N) is 1. The normalized spacial score (nSPS) is 9.88. The molecule has 0 aromatic carbocycles. The molecule has 2 rings (SSSR count). The highest BCUT2D eigenvalue weighted by Crippen LogP contribution is 2.09. The molecular formula is C11H11N5S. The van der Waals surface area contributed by atoms with Gasteiger partial charge in [-0.25, -0.2) is 9.97 Å². The van der Waals surface area contributed by atoms with Crippen LogP contribution in [0.25, 0.3) is 0 Å². The smallest absolute Gasteiger partial charge is 0.155 e. The summed E-state index contributed by atoms with van der Waals surface area (Å²) in [5.41, 5.74) is 6.96. The van der Waals surface area contributed by atoms with Crippen molar-refractivity contribution < 1.29 is 0 Å². The first-order valence-corrected chi connectivity index (χ1v) is 5.43. The molecule has 0 aliphatic heterocycles. The number of nitrogens with two attached hydrogens (primary N) is 1. The van der Waals surface area contributed by atoms with Gasteiger partial charge in [-0.2, -0.15) is 0 Å². The maximum atomic E-state index is 5.56. The molecule has 0 aliphatic rings. The molecule has 0 saturated heterocycles. The van der Waals surface area contributed by atoms with Gasteiger partial charge in [0, 0.05) is 18.6 Å². The van der Waals surface area contributed by atoms with Gasteiger partial charge in [0.05, 0.1) is 12.2 Å². The number of anilines is 1. The monoisotopic (exact) mass is 245 g/mol. The van der Waals surface area contributed by atoms with Crippen molar-refractivity contribution in [3.8, 4) is 0 Å². The van der Waals surface area contributed by atoms with Crippen LogP contribution in [0, 0.1) is 0 Å². The summed E-state index contributed by atoms with van der Waals surface area (Å²) in [5.74, 6) is 0.575. The van der Waals surface area contributed by atoms with Gasteiger partial charge < -0.3 is 11.1 Å². The molecule has 0 spiro atoms. The minimum atomic E-state index is 0.224. The van der Waals surface area contributed by atoms with E-state index in [9.17, 15) is 0 Å². The van der Waals surface area contributed by atoms with Crippen molar-refractivity contribution >= 4 is 23.0 Å². The summed E-state index contributed by atoms with van der Waals surface area (Å²) < 4.78 is 0. The zero-order valence-corrected chi connectivity index (χ0v) is 9.81. The molecule has 17 heavy (non-hydrogen) atoms. The third-order valence-corrected chi connectivity index (χ3v) is 2.29. The molecule has 86 valence electrons. The van der Waals surface area contributed by atoms with E-state index in [2.05, 4.69) is 20.3 Å². The second-order valence-corrected chi connectivity index (χ2v) is 3.73. The molecule has 0 bridgehead atoms. The third kappa shape index (κ3) is 2.94. The topological polar surface area (TPSA) is 76.7 Å². The molecule has 0 saturated carbocycles. The van der Waals surface area contributed by atoms with Gasteiger partial charge in [0.2, 0.25) is 0 Å². The fraction of sp³-hybridized carbons (Fsp3) is 0.0909. The van der Waals surface area contributed by atoms with Crippen molar-refractivity contribution in [2.24, 2.45) is 5.73 Å². The van der Waals surface area contributed by atoms with Crippen LogP contribution in [0.3, 0.4) is 0 Å². The Morgan fingerprint density at radius 2 is 2.00 bits per heavy atom. The average molecular weight is 245 g/mol. The van der Waals surface area contributed by atoms with Gasteiger partial charge in [-0.3, -0.25) is 4.98 Å². The Labute approximate surface area is 104 Å². The Hall–Kier alpha value is -2.08. The second-order valence-electron chi connectivity index (χ2n) is 3.29. The molecule has 2 aromatic heterocycles. The summed E-state index contributed by atoms with van der Waals surface area (Å²) in [6.07, 6.45) is 4.88. The fourth-order valence-electron chi connectivity index (χ4n) is 1.32. The average Bonchev–Trinajstić information content (AvgIpc) is 2.38. The van der Waals surface area contributed by atoms with E-state index < -0.39 is 0 Å². The van der Waals surface area contributed by atoms with Gasteiger partial charge in [0.15, 0.2) is 5.82 Å². The van der Waals surface area contributed by atoms with Gasteiger partial charge in [-0.1, -0.05) is 18.3 Å². The molecule has 2 heterocycles. The van der Waals surface area contributed by atoms with Gasteiger partial charge in [-0.15, -0.1) is 0 Å². The molecule has 0 amide bonds. The summed E-state index contributed by atoms with van der Waals surface area (Å²) in [5, 5.41) is 3.11. The number of hydrogen-bond acceptors (Lipinski definition) is 5. The standard InChI is InChI=1S/C11H11N5S/c12-10(17)9-11(15-6-5-14-9)16-7-8-3-1-2-4-13-8/h1-6H,7H2,(H2,12,17)(H,15,16). The van der Waals surface area contributed by atoms with Crippen molar-refractivity contribution in [1.82, 2.24) is 15.0 Å². The van der Waals surface area contributed by atoms with E-state index in [4.69, 9.17) is 18.0 Å². The number of pyridine rings is 1. The second kappa shape index (κ2) is 5.31. The van der Waals surface area contributed by atoms with Crippen LogP contribution in [0.15, 0.2) is 36.8 Å². The van der Waals surface area contributed by atoms with E-state index in [1.807, 2.05) is 18.2 Å². The van der Waals surface area contributed by atoms with Gasteiger partial charge >= 0.3 is 0 Å². The van der Waals surface area contributed by atoms with Gasteiger partial charge in [-0.05, 0) is 12.1 Å². The van der Waals surface area contributed by atoms with Crippen molar-refractivity contribution in [3.63, 3.8) is 0 Å². The predicted octanol–water partition coefficient (Wildman–Crippen LogP) is 1.12. The van der Waals surface area contributed by atoms with Gasteiger partial charge in [0.25, 0.3) is 0 Å². The van der Waals surface area contributed by atoms with Crippen LogP contribution in [0.1, 0.15) is 11.4 Å². The minimum absolute atomic E-state index is 0.224. The highest BCUT2D eigenvalue weighted by molar-refractivity contribution is 7.80. The van der Waals surface area contributed by atoms with Crippen LogP contribution in [-0.4, -0.2) is 19.9 Å². The van der Waals surface area contributed by atoms with Crippen LogP contribution in [0.2, 0.25) is 0 Å². The maximum Gasteiger partial charge on any atom is 0.155 e. The Bertz CT molecular complexity index is 514. The number of rotatable bonds is 4. The van der Waals surface area contributed by atoms with E-state index in [1.165, 1.54) is 0 Å². The van der Waals surface area contributed by atoms with Crippen molar-refractivity contribution in [1.29, 1.82) is 0 Å². The molecule has 0 atom stereocenters. The minimum Gasteiger partial charge on any atom is -0.388 e. The van der Waals surface area contributed by atoms with Crippen LogP contribution >= 0.6 is 12.2 Å². The van der Waals surface area contributed by atoms with Crippen molar-refractivity contribution in [3.05, 3.63) is 48.2 Å². The lowest BCUT2D eigenvalue weighted by atomic mass is 10.3. The molecule has 0 unspecified atom stereocenters. The third-order valence-electron chi connectivity index (χ3n) is 2.09. The van der Waals surface area contributed by atoms with E-state index >= 15 is 0 Å². The quantitative estimate of drug-likeness (QED) is 0.786. The van der Waals surface area contributed by atoms with E-state index in [0.29, 0.717) is 18.1 Å². The molecular weight excluding hydrogens is 234 g/mol. The maximum absolute atomic E-state index is 5.56. The predicted molar refractivity (Wildman–Crippen MR) is 69.5 cm³/mol. The molecule has 0 fully saturated rings. The zero-order valence-electron chi connectivity index (χ0n) is 9.00. The van der Waals surface area contributed by atoms with Crippen LogP contribution in [-0.2, 0) is 6.54 Å². The number of thiocarbonyl (C=S) groups is 1. The zero-order chi connectivity index (χ0) is 12.1. The molecule has 6 heteroatoms.